The Morgan fingerprint density at radius 2 is 2.17 bits per heavy atom. The molecule has 0 radical (unpaired) electrons. The fourth-order valence-corrected chi connectivity index (χ4v) is 6.29. The molecular weight excluding hydrogens is 247 g/mol. The molecule has 12 heavy (non-hydrogen) atoms. The van der Waals surface area contributed by atoms with Crippen LogP contribution in [-0.2, 0) is 20.6 Å². The number of hydrogen-bond donors (Lipinski definition) is 0. The molecule has 0 saturated heterocycles. The summed E-state index contributed by atoms with van der Waals surface area (Å²) in [5.74, 6) is 0. The summed E-state index contributed by atoms with van der Waals surface area (Å²) in [5.41, 5.74) is 3.35. The molecule has 0 N–H and O–H groups in total. The average Bonchev–Trinajstić information content (AvgIpc) is 2.47. The van der Waals surface area contributed by atoms with Crippen LogP contribution in [0.4, 0.5) is 0 Å². The molecule has 0 spiro atoms. The number of hydrogen-bond acceptors (Lipinski definition) is 0. The summed E-state index contributed by atoms with van der Waals surface area (Å²) in [6, 6.07) is 0. The fraction of sp³-hybridized carbons (Fsp3) is 0.600. The second kappa shape index (κ2) is 3.80. The van der Waals surface area contributed by atoms with Gasteiger partial charge in [0.15, 0.2) is 0 Å². The monoisotopic (exact) mass is 259 g/mol. The van der Waals surface area contributed by atoms with Crippen LogP contribution in [0.1, 0.15) is 25.7 Å². The van der Waals surface area contributed by atoms with Crippen LogP contribution in [0.15, 0.2) is 23.3 Å². The molecule has 0 aromatic carbocycles. The van der Waals surface area contributed by atoms with Crippen molar-refractivity contribution in [1.82, 2.24) is 0 Å². The third kappa shape index (κ3) is 1.63. The van der Waals surface area contributed by atoms with E-state index in [2.05, 4.69) is 16.8 Å². The topological polar surface area (TPSA) is 0 Å². The van der Waals surface area contributed by atoms with E-state index in [1.54, 1.807) is 11.1 Å². The summed E-state index contributed by atoms with van der Waals surface area (Å²) in [6.07, 6.45) is 10.1. The molecule has 1 unspecified atom stereocenters. The molecular formula is C10H14ClZr. The van der Waals surface area contributed by atoms with E-state index in [1.807, 2.05) is 0 Å². The van der Waals surface area contributed by atoms with Crippen molar-refractivity contribution in [3.05, 3.63) is 23.3 Å². The summed E-state index contributed by atoms with van der Waals surface area (Å²) in [4.78, 5) is 0. The molecule has 2 aliphatic rings. The van der Waals surface area contributed by atoms with Gasteiger partial charge >= 0.3 is 86.3 Å². The number of halogens is 1. The van der Waals surface area contributed by atoms with Gasteiger partial charge < -0.3 is 0 Å². The third-order valence-electron chi connectivity index (χ3n) is 2.85. The molecule has 65 valence electrons. The van der Waals surface area contributed by atoms with Crippen LogP contribution in [0.3, 0.4) is 0 Å². The Kier molecular flexibility index (Phi) is 2.92. The van der Waals surface area contributed by atoms with Gasteiger partial charge in [0.1, 0.15) is 0 Å². The van der Waals surface area contributed by atoms with Crippen molar-refractivity contribution in [2.75, 3.05) is 0 Å². The first-order chi connectivity index (χ1) is 5.79. The van der Waals surface area contributed by atoms with Crippen molar-refractivity contribution in [2.24, 2.45) is 0 Å². The zero-order valence-corrected chi connectivity index (χ0v) is 10.7. The van der Waals surface area contributed by atoms with E-state index in [1.165, 1.54) is 25.7 Å². The molecule has 0 nitrogen and oxygen atoms in total. The van der Waals surface area contributed by atoms with Crippen molar-refractivity contribution in [3.8, 4) is 0 Å². The minimum absolute atomic E-state index is 0.740. The summed E-state index contributed by atoms with van der Waals surface area (Å²) < 4.78 is 3.04. The Morgan fingerprint density at radius 3 is 2.92 bits per heavy atom. The Balaban J connectivity index is 2.21. The van der Waals surface area contributed by atoms with Gasteiger partial charge in [-0.25, -0.2) is 0 Å². The van der Waals surface area contributed by atoms with Crippen LogP contribution in [0, 0.1) is 0 Å². The zero-order chi connectivity index (χ0) is 8.55. The van der Waals surface area contributed by atoms with E-state index >= 15 is 0 Å². The average molecular weight is 261 g/mol. The molecule has 0 fully saturated rings. The van der Waals surface area contributed by atoms with Crippen molar-refractivity contribution in [3.63, 3.8) is 0 Å². The summed E-state index contributed by atoms with van der Waals surface area (Å²) in [7, 11) is 6.32. The van der Waals surface area contributed by atoms with E-state index < -0.39 is 20.6 Å². The van der Waals surface area contributed by atoms with Gasteiger partial charge in [-0.05, 0) is 0 Å². The van der Waals surface area contributed by atoms with Crippen LogP contribution < -0.4 is 0 Å². The quantitative estimate of drug-likeness (QED) is 0.668. The Labute approximate surface area is 85.9 Å². The van der Waals surface area contributed by atoms with Crippen LogP contribution in [0.2, 0.25) is 8.26 Å². The third-order valence-corrected chi connectivity index (χ3v) is 7.68. The maximum absolute atomic E-state index is 6.32. The Hall–Kier alpha value is 0.653. The maximum atomic E-state index is 6.32. The summed E-state index contributed by atoms with van der Waals surface area (Å²) >= 11 is -1.51. The SMILES string of the molecule is [CH3][Zr]([Cl])[CH]1C=CC2=C1CCCC2. The van der Waals surface area contributed by atoms with Crippen LogP contribution in [0.5, 0.6) is 0 Å². The van der Waals surface area contributed by atoms with Crippen molar-refractivity contribution >= 4 is 8.51 Å². The van der Waals surface area contributed by atoms with Gasteiger partial charge in [0.25, 0.3) is 0 Å². The first-order valence-corrected chi connectivity index (χ1v) is 11.7. The Bertz CT molecular complexity index is 240. The van der Waals surface area contributed by atoms with E-state index in [-0.39, 0.29) is 0 Å². The predicted molar refractivity (Wildman–Crippen MR) is 50.1 cm³/mol. The van der Waals surface area contributed by atoms with E-state index in [4.69, 9.17) is 8.51 Å². The molecule has 0 heterocycles. The predicted octanol–water partition coefficient (Wildman–Crippen LogP) is 4.04. The molecule has 1 atom stereocenters. The van der Waals surface area contributed by atoms with Crippen molar-refractivity contribution in [1.29, 1.82) is 0 Å². The fourth-order valence-electron chi connectivity index (χ4n) is 2.20. The Morgan fingerprint density at radius 1 is 1.42 bits per heavy atom. The van der Waals surface area contributed by atoms with E-state index in [9.17, 15) is 0 Å². The standard InChI is InChI=1S/C9H11.CH3.ClH.Zr/c1-2-5-9-7-3-6-8(9)4-1;;;/h3,6-7H,1-2,4-5H2;1H3;1H;/q;;;+1/p-1. The molecule has 0 saturated carbocycles. The zero-order valence-electron chi connectivity index (χ0n) is 7.44. The first kappa shape index (κ1) is 9.22. The molecule has 0 aliphatic heterocycles. The molecule has 0 amide bonds. The van der Waals surface area contributed by atoms with Gasteiger partial charge in [-0.2, -0.15) is 0 Å². The summed E-state index contributed by atoms with van der Waals surface area (Å²) in [5, 5.41) is 0. The molecule has 0 aromatic heterocycles. The van der Waals surface area contributed by atoms with Crippen molar-refractivity contribution < 1.29 is 20.6 Å². The molecule has 0 aromatic rings. The van der Waals surface area contributed by atoms with Gasteiger partial charge in [-0.15, -0.1) is 0 Å². The second-order valence-electron chi connectivity index (χ2n) is 3.68. The normalized spacial score (nSPS) is 27.7. The molecule has 2 aliphatic carbocycles. The summed E-state index contributed by atoms with van der Waals surface area (Å²) in [6.45, 7) is 0. The first-order valence-electron chi connectivity index (χ1n) is 4.68. The molecule has 0 bridgehead atoms. The van der Waals surface area contributed by atoms with Crippen molar-refractivity contribution in [2.45, 2.75) is 33.9 Å². The van der Waals surface area contributed by atoms with Gasteiger partial charge in [-0.1, -0.05) is 0 Å². The van der Waals surface area contributed by atoms with Gasteiger partial charge in [0, 0.05) is 0 Å². The second-order valence-corrected chi connectivity index (χ2v) is 11.6. The molecule has 2 heteroatoms. The number of allylic oxidation sites excluding steroid dienone is 4. The number of rotatable bonds is 1. The van der Waals surface area contributed by atoms with E-state index in [0.717, 1.165) is 3.63 Å². The van der Waals surface area contributed by atoms with Crippen LogP contribution in [-0.4, -0.2) is 0 Å². The molecule has 2 rings (SSSR count). The van der Waals surface area contributed by atoms with Crippen LogP contribution in [0.25, 0.3) is 0 Å². The van der Waals surface area contributed by atoms with E-state index in [0.29, 0.717) is 0 Å². The van der Waals surface area contributed by atoms with Crippen LogP contribution >= 0.6 is 8.51 Å². The van der Waals surface area contributed by atoms with Gasteiger partial charge in [0.2, 0.25) is 0 Å². The van der Waals surface area contributed by atoms with Gasteiger partial charge in [-0.3, -0.25) is 0 Å². The minimum atomic E-state index is -1.51. The van der Waals surface area contributed by atoms with Gasteiger partial charge in [0.05, 0.1) is 0 Å².